The molecule has 25 heavy (non-hydrogen) atoms. The molecule has 0 bridgehead atoms. The third kappa shape index (κ3) is 3.75. The number of nitrogens with one attached hydrogen (secondary N) is 2. The molecule has 0 saturated carbocycles. The number of pyridine rings is 1. The average Bonchev–Trinajstić information content (AvgIpc) is 2.66. The second-order valence-corrected chi connectivity index (χ2v) is 5.60. The molecule has 1 heterocycles. The van der Waals surface area contributed by atoms with Crippen LogP contribution in [-0.4, -0.2) is 17.4 Å². The van der Waals surface area contributed by atoms with Gasteiger partial charge in [-0.1, -0.05) is 30.3 Å². The predicted molar refractivity (Wildman–Crippen MR) is 98.2 cm³/mol. The Morgan fingerprint density at radius 1 is 1.16 bits per heavy atom. The molecule has 5 heteroatoms. The van der Waals surface area contributed by atoms with Crippen molar-refractivity contribution in [2.45, 2.75) is 13.5 Å². The van der Waals surface area contributed by atoms with Crippen LogP contribution in [0.15, 0.2) is 54.6 Å². The number of nitrogens with zero attached hydrogens (tertiary/aromatic N) is 2. The van der Waals surface area contributed by atoms with E-state index in [0.29, 0.717) is 24.3 Å². The van der Waals surface area contributed by atoms with Crippen LogP contribution < -0.4 is 10.6 Å². The molecule has 2 N–H and O–H groups in total. The van der Waals surface area contributed by atoms with E-state index in [-0.39, 0.29) is 5.91 Å². The van der Waals surface area contributed by atoms with Crippen molar-refractivity contribution >= 4 is 22.5 Å². The largest absolute Gasteiger partial charge is 0.380 e. The molecule has 3 aromatic rings. The summed E-state index contributed by atoms with van der Waals surface area (Å²) in [5.41, 5.74) is 3.63. The van der Waals surface area contributed by atoms with Gasteiger partial charge in [0.05, 0.1) is 5.52 Å². The number of amides is 1. The Morgan fingerprint density at radius 3 is 2.80 bits per heavy atom. The van der Waals surface area contributed by atoms with Gasteiger partial charge in [-0.25, -0.2) is 4.98 Å². The Bertz CT molecular complexity index is 959. The number of carbonyl (C=O) groups is 1. The van der Waals surface area contributed by atoms with E-state index in [1.54, 1.807) is 12.1 Å². The number of para-hydroxylation sites is 1. The zero-order valence-corrected chi connectivity index (χ0v) is 13.9. The van der Waals surface area contributed by atoms with E-state index in [4.69, 9.17) is 0 Å². The molecule has 0 aliphatic carbocycles. The van der Waals surface area contributed by atoms with Gasteiger partial charge in [0.15, 0.2) is 0 Å². The van der Waals surface area contributed by atoms with E-state index >= 15 is 0 Å². The quantitative estimate of drug-likeness (QED) is 0.751. The second kappa shape index (κ2) is 7.45. The first-order valence-electron chi connectivity index (χ1n) is 8.12. The van der Waals surface area contributed by atoms with E-state index in [9.17, 15) is 10.1 Å². The third-order valence-corrected chi connectivity index (χ3v) is 3.84. The lowest BCUT2D eigenvalue weighted by atomic mass is 10.1. The monoisotopic (exact) mass is 330 g/mol. The highest BCUT2D eigenvalue weighted by Gasteiger charge is 2.07. The molecular formula is C20H18N4O. The molecule has 5 nitrogen and oxygen atoms in total. The molecule has 0 aliphatic heterocycles. The average molecular weight is 330 g/mol. The van der Waals surface area contributed by atoms with Crippen molar-refractivity contribution in [3.8, 4) is 6.07 Å². The molecule has 2 aromatic carbocycles. The maximum absolute atomic E-state index is 12.0. The topological polar surface area (TPSA) is 77.8 Å². The molecule has 0 atom stereocenters. The summed E-state index contributed by atoms with van der Waals surface area (Å²) >= 11 is 0. The van der Waals surface area contributed by atoms with Crippen molar-refractivity contribution in [2.24, 2.45) is 0 Å². The highest BCUT2D eigenvalue weighted by Crippen LogP contribution is 2.23. The molecule has 0 unspecified atom stereocenters. The number of benzene rings is 2. The van der Waals surface area contributed by atoms with Crippen LogP contribution in [-0.2, 0) is 6.54 Å². The van der Waals surface area contributed by atoms with Gasteiger partial charge in [0.25, 0.3) is 5.91 Å². The Morgan fingerprint density at radius 2 is 2.00 bits per heavy atom. The van der Waals surface area contributed by atoms with Crippen LogP contribution in [0.3, 0.4) is 0 Å². The highest BCUT2D eigenvalue weighted by atomic mass is 16.1. The van der Waals surface area contributed by atoms with Gasteiger partial charge in [-0.2, -0.15) is 5.26 Å². The van der Waals surface area contributed by atoms with Gasteiger partial charge in [-0.05, 0) is 36.8 Å². The van der Waals surface area contributed by atoms with Gasteiger partial charge in [0.2, 0.25) is 0 Å². The fraction of sp³-hybridized carbons (Fsp3) is 0.150. The fourth-order valence-electron chi connectivity index (χ4n) is 2.66. The summed E-state index contributed by atoms with van der Waals surface area (Å²) in [6.07, 6.45) is 0. The minimum absolute atomic E-state index is 0.0783. The van der Waals surface area contributed by atoms with Crippen molar-refractivity contribution in [3.05, 3.63) is 71.4 Å². The molecule has 124 valence electrons. The summed E-state index contributed by atoms with van der Waals surface area (Å²) in [6.45, 7) is 3.04. The molecule has 0 aliphatic rings. The van der Waals surface area contributed by atoms with Crippen LogP contribution >= 0.6 is 0 Å². The number of carbonyl (C=O) groups excluding carboxylic acids is 1. The van der Waals surface area contributed by atoms with Crippen molar-refractivity contribution in [1.82, 2.24) is 10.3 Å². The van der Waals surface area contributed by atoms with Crippen LogP contribution in [0.2, 0.25) is 0 Å². The lowest BCUT2D eigenvalue weighted by Gasteiger charge is -2.11. The van der Waals surface area contributed by atoms with Crippen LogP contribution in [0.1, 0.15) is 28.5 Å². The zero-order chi connectivity index (χ0) is 17.6. The molecule has 0 radical (unpaired) electrons. The predicted octanol–water partition coefficient (Wildman–Crippen LogP) is 3.47. The summed E-state index contributed by atoms with van der Waals surface area (Å²) in [6, 6.07) is 19.0. The van der Waals surface area contributed by atoms with Gasteiger partial charge in [0.1, 0.15) is 11.8 Å². The first-order chi connectivity index (χ1) is 12.2. The van der Waals surface area contributed by atoms with Gasteiger partial charge >= 0.3 is 0 Å². The number of hydrogen-bond acceptors (Lipinski definition) is 4. The maximum Gasteiger partial charge on any atom is 0.251 e. The normalized spacial score (nSPS) is 10.2. The lowest BCUT2D eigenvalue weighted by molar-refractivity contribution is 0.0955. The summed E-state index contributed by atoms with van der Waals surface area (Å²) < 4.78 is 0. The van der Waals surface area contributed by atoms with E-state index < -0.39 is 0 Å². The molecule has 3 rings (SSSR count). The number of rotatable bonds is 5. The number of fused-ring (bicyclic) bond motifs is 1. The van der Waals surface area contributed by atoms with E-state index in [0.717, 1.165) is 22.2 Å². The molecule has 0 fully saturated rings. The van der Waals surface area contributed by atoms with Gasteiger partial charge in [-0.3, -0.25) is 4.79 Å². The van der Waals surface area contributed by atoms with Crippen molar-refractivity contribution < 1.29 is 4.79 Å². The van der Waals surface area contributed by atoms with Crippen LogP contribution in [0.5, 0.6) is 0 Å². The van der Waals surface area contributed by atoms with Crippen LogP contribution in [0.25, 0.3) is 10.9 Å². The fourth-order valence-corrected chi connectivity index (χ4v) is 2.66. The van der Waals surface area contributed by atoms with Crippen LogP contribution in [0, 0.1) is 11.3 Å². The Hall–Kier alpha value is -3.39. The number of hydrogen-bond donors (Lipinski definition) is 2. The molecule has 1 amide bonds. The first kappa shape index (κ1) is 16.5. The Balaban J connectivity index is 1.85. The summed E-state index contributed by atoms with van der Waals surface area (Å²) in [5.74, 6) is -0.0783. The van der Waals surface area contributed by atoms with Crippen molar-refractivity contribution in [3.63, 3.8) is 0 Å². The molecular weight excluding hydrogens is 312 g/mol. The lowest BCUT2D eigenvalue weighted by Crippen LogP contribution is -2.22. The maximum atomic E-state index is 12.0. The van der Waals surface area contributed by atoms with Crippen molar-refractivity contribution in [1.29, 1.82) is 5.26 Å². The smallest absolute Gasteiger partial charge is 0.251 e. The highest BCUT2D eigenvalue weighted by molar-refractivity contribution is 5.94. The number of aromatic nitrogens is 1. The first-order valence-corrected chi connectivity index (χ1v) is 8.12. The van der Waals surface area contributed by atoms with Gasteiger partial charge in [-0.15, -0.1) is 0 Å². The SMILES string of the molecule is CCNC(=O)c1cccc(CNc2cc(C#N)nc3ccccc23)c1. The van der Waals surface area contributed by atoms with Gasteiger partial charge < -0.3 is 10.6 Å². The number of nitriles is 1. The molecule has 0 spiro atoms. The minimum atomic E-state index is -0.0783. The summed E-state index contributed by atoms with van der Waals surface area (Å²) in [7, 11) is 0. The molecule has 1 aromatic heterocycles. The standard InChI is InChI=1S/C20H18N4O/c1-2-22-20(25)15-7-5-6-14(10-15)13-23-19-11-16(12-21)24-18-9-4-3-8-17(18)19/h3-11H,2,13H2,1H3,(H,22,25)(H,23,24). The van der Waals surface area contributed by atoms with Crippen molar-refractivity contribution in [2.75, 3.05) is 11.9 Å². The zero-order valence-electron chi connectivity index (χ0n) is 13.9. The van der Waals surface area contributed by atoms with Crippen LogP contribution in [0.4, 0.5) is 5.69 Å². The minimum Gasteiger partial charge on any atom is -0.380 e. The third-order valence-electron chi connectivity index (χ3n) is 3.84. The van der Waals surface area contributed by atoms with E-state index in [1.165, 1.54) is 0 Å². The van der Waals surface area contributed by atoms with E-state index in [2.05, 4.69) is 21.7 Å². The van der Waals surface area contributed by atoms with E-state index in [1.807, 2.05) is 49.4 Å². The Labute approximate surface area is 146 Å². The number of anilines is 1. The van der Waals surface area contributed by atoms with Gasteiger partial charge in [0, 0.05) is 29.7 Å². The summed E-state index contributed by atoms with van der Waals surface area (Å²) in [4.78, 5) is 16.3. The summed E-state index contributed by atoms with van der Waals surface area (Å²) in [5, 5.41) is 16.3. The molecule has 0 saturated heterocycles. The Kier molecular flexibility index (Phi) is 4.91. The second-order valence-electron chi connectivity index (χ2n) is 5.60.